The number of anilines is 1. The lowest BCUT2D eigenvalue weighted by Gasteiger charge is -2.11. The van der Waals surface area contributed by atoms with Crippen LogP contribution >= 0.6 is 0 Å². The van der Waals surface area contributed by atoms with Crippen molar-refractivity contribution in [3.05, 3.63) is 78.5 Å². The zero-order valence-corrected chi connectivity index (χ0v) is 21.6. The molecule has 0 aliphatic heterocycles. The molecule has 4 rings (SSSR count). The predicted molar refractivity (Wildman–Crippen MR) is 146 cm³/mol. The number of nitrogens with zero attached hydrogens (tertiary/aromatic N) is 2. The molecule has 200 valence electrons. The summed E-state index contributed by atoms with van der Waals surface area (Å²) in [5, 5.41) is 11.8. The van der Waals surface area contributed by atoms with Gasteiger partial charge in [0.05, 0.1) is 39.1 Å². The fourth-order valence-electron chi connectivity index (χ4n) is 3.72. The van der Waals surface area contributed by atoms with Crippen molar-refractivity contribution >= 4 is 29.1 Å². The highest BCUT2D eigenvalue weighted by atomic mass is 16.5. The van der Waals surface area contributed by atoms with Gasteiger partial charge >= 0.3 is 5.97 Å². The van der Waals surface area contributed by atoms with Crippen LogP contribution < -0.4 is 14.8 Å². The monoisotopic (exact) mass is 529 g/mol. The van der Waals surface area contributed by atoms with Crippen LogP contribution in [-0.4, -0.2) is 49.2 Å². The van der Waals surface area contributed by atoms with E-state index in [0.717, 1.165) is 0 Å². The van der Waals surface area contributed by atoms with E-state index in [1.54, 1.807) is 42.5 Å². The number of hydrogen-bond acceptors (Lipinski definition) is 8. The number of methoxy groups -OCH3 is 3. The second-order valence-electron chi connectivity index (χ2n) is 8.23. The number of carboxylic acids is 1. The number of ether oxygens (including phenoxy) is 3. The molecule has 3 aromatic carbocycles. The minimum Gasteiger partial charge on any atom is -0.497 e. The van der Waals surface area contributed by atoms with E-state index in [0.29, 0.717) is 39.9 Å². The first kappa shape index (κ1) is 26.9. The molecule has 1 heterocycles. The van der Waals surface area contributed by atoms with Gasteiger partial charge in [-0.3, -0.25) is 9.59 Å². The van der Waals surface area contributed by atoms with Crippen LogP contribution in [0.3, 0.4) is 0 Å². The molecule has 2 N–H and O–H groups in total. The summed E-state index contributed by atoms with van der Waals surface area (Å²) in [6.07, 6.45) is 0.0653. The summed E-state index contributed by atoms with van der Waals surface area (Å²) >= 11 is 0. The zero-order valence-electron chi connectivity index (χ0n) is 21.6. The summed E-state index contributed by atoms with van der Waals surface area (Å²) < 4.78 is 22.0. The van der Waals surface area contributed by atoms with E-state index in [9.17, 15) is 9.59 Å². The maximum atomic E-state index is 13.5. The Labute approximate surface area is 224 Å². The number of nitrogens with one attached hydrogen (secondary N) is 1. The summed E-state index contributed by atoms with van der Waals surface area (Å²) in [6, 6.07) is 21.2. The number of benzene rings is 3. The predicted octanol–water partition coefficient (Wildman–Crippen LogP) is 5.82. The topological polar surface area (TPSA) is 132 Å². The Kier molecular flexibility index (Phi) is 8.57. The fraction of sp³-hybridized carbons (Fsp3) is 0.172. The second kappa shape index (κ2) is 12.4. The Bertz CT molecular complexity index is 1480. The third-order valence-corrected chi connectivity index (χ3v) is 5.69. The normalized spacial score (nSPS) is 11.1. The Balaban J connectivity index is 1.70. The third-order valence-electron chi connectivity index (χ3n) is 5.69. The lowest BCUT2D eigenvalue weighted by molar-refractivity contribution is -0.136. The van der Waals surface area contributed by atoms with Gasteiger partial charge in [0.15, 0.2) is 17.4 Å². The number of carbonyl (C=O) groups is 2. The number of amides is 1. The number of aromatic nitrogens is 1. The summed E-state index contributed by atoms with van der Waals surface area (Å²) in [5.41, 5.74) is 2.34. The molecule has 0 aliphatic rings. The summed E-state index contributed by atoms with van der Waals surface area (Å²) in [7, 11) is 4.48. The minimum absolute atomic E-state index is 0.0778. The van der Waals surface area contributed by atoms with Crippen LogP contribution in [0, 0.1) is 0 Å². The molecule has 10 heteroatoms. The molecular formula is C29H27N3O7. The number of oxazole rings is 1. The molecule has 0 radical (unpaired) electrons. The van der Waals surface area contributed by atoms with Crippen molar-refractivity contribution in [3.8, 4) is 34.3 Å². The molecule has 1 aromatic heterocycles. The maximum Gasteiger partial charge on any atom is 0.303 e. The molecule has 0 aliphatic carbocycles. The van der Waals surface area contributed by atoms with Gasteiger partial charge in [-0.05, 0) is 48.5 Å². The second-order valence-corrected chi connectivity index (χ2v) is 8.23. The Morgan fingerprint density at radius 2 is 1.67 bits per heavy atom. The number of aliphatic carboxylic acids is 1. The summed E-state index contributed by atoms with van der Waals surface area (Å²) in [5.74, 6) is 0.408. The van der Waals surface area contributed by atoms with E-state index in [4.69, 9.17) is 23.7 Å². The van der Waals surface area contributed by atoms with Crippen molar-refractivity contribution in [2.75, 3.05) is 26.6 Å². The molecule has 0 atom stereocenters. The van der Waals surface area contributed by atoms with Gasteiger partial charge in [0.25, 0.3) is 5.91 Å². The van der Waals surface area contributed by atoms with Crippen LogP contribution in [0.15, 0.2) is 82.2 Å². The van der Waals surface area contributed by atoms with Crippen molar-refractivity contribution in [1.29, 1.82) is 0 Å². The number of rotatable bonds is 10. The first-order chi connectivity index (χ1) is 18.9. The van der Waals surface area contributed by atoms with Gasteiger partial charge < -0.3 is 29.1 Å². The van der Waals surface area contributed by atoms with Crippen LogP contribution in [0.25, 0.3) is 22.8 Å². The molecule has 10 nitrogen and oxygen atoms in total. The van der Waals surface area contributed by atoms with Crippen LogP contribution in [-0.2, 0) is 9.53 Å². The van der Waals surface area contributed by atoms with Gasteiger partial charge in [-0.2, -0.15) is 0 Å². The van der Waals surface area contributed by atoms with E-state index in [2.05, 4.69) is 15.3 Å². The quantitative estimate of drug-likeness (QED) is 0.194. The van der Waals surface area contributed by atoms with Crippen molar-refractivity contribution < 1.29 is 33.3 Å². The van der Waals surface area contributed by atoms with Gasteiger partial charge in [0, 0.05) is 23.6 Å². The molecule has 0 saturated carbocycles. The summed E-state index contributed by atoms with van der Waals surface area (Å²) in [4.78, 5) is 33.2. The smallest absolute Gasteiger partial charge is 0.303 e. The van der Waals surface area contributed by atoms with Crippen molar-refractivity contribution in [2.24, 2.45) is 4.99 Å². The Hall–Kier alpha value is -5.12. The highest BCUT2D eigenvalue weighted by Crippen LogP contribution is 2.33. The Morgan fingerprint density at radius 1 is 0.923 bits per heavy atom. The highest BCUT2D eigenvalue weighted by Gasteiger charge is 2.23. The van der Waals surface area contributed by atoms with Crippen molar-refractivity contribution in [2.45, 2.75) is 12.8 Å². The van der Waals surface area contributed by atoms with Crippen LogP contribution in [0.4, 0.5) is 11.4 Å². The first-order valence-electron chi connectivity index (χ1n) is 11.9. The van der Waals surface area contributed by atoms with Gasteiger partial charge in [-0.1, -0.05) is 18.2 Å². The lowest BCUT2D eigenvalue weighted by atomic mass is 10.1. The molecule has 0 bridgehead atoms. The molecule has 0 saturated heterocycles. The van der Waals surface area contributed by atoms with Crippen LogP contribution in [0.5, 0.6) is 11.5 Å². The molecule has 1 amide bonds. The van der Waals surface area contributed by atoms with Gasteiger partial charge in [0.1, 0.15) is 11.5 Å². The van der Waals surface area contributed by atoms with Gasteiger partial charge in [-0.25, -0.2) is 9.98 Å². The lowest BCUT2D eigenvalue weighted by Crippen LogP contribution is -2.14. The third kappa shape index (κ3) is 6.61. The number of carboxylic acid groups (broad SMARTS) is 1. The van der Waals surface area contributed by atoms with E-state index < -0.39 is 11.9 Å². The largest absolute Gasteiger partial charge is 0.497 e. The molecule has 0 spiro atoms. The average Bonchev–Trinajstić information content (AvgIpc) is 3.42. The van der Waals surface area contributed by atoms with Crippen molar-refractivity contribution in [3.63, 3.8) is 0 Å². The SMILES string of the molecule is COC(CCC(=O)O)=Nc1ccc(-c2oc(-c3ccccc3)nc2C(=O)Nc2cc(OC)ccc2OC)cc1. The number of hydrogen-bond donors (Lipinski definition) is 2. The van der Waals surface area contributed by atoms with E-state index in [-0.39, 0.29) is 30.2 Å². The number of carbonyl (C=O) groups excluding carboxylic acids is 1. The van der Waals surface area contributed by atoms with Gasteiger partial charge in [0.2, 0.25) is 5.89 Å². The first-order valence-corrected chi connectivity index (χ1v) is 11.9. The summed E-state index contributed by atoms with van der Waals surface area (Å²) in [6.45, 7) is 0. The Morgan fingerprint density at radius 3 is 2.31 bits per heavy atom. The number of aliphatic imine (C=N–C) groups is 1. The molecule has 39 heavy (non-hydrogen) atoms. The zero-order chi connectivity index (χ0) is 27.8. The molecule has 0 unspecified atom stereocenters. The molecular weight excluding hydrogens is 502 g/mol. The van der Waals surface area contributed by atoms with E-state index in [1.165, 1.54) is 21.3 Å². The maximum absolute atomic E-state index is 13.5. The van der Waals surface area contributed by atoms with Crippen LogP contribution in [0.1, 0.15) is 23.3 Å². The van der Waals surface area contributed by atoms with Crippen molar-refractivity contribution in [1.82, 2.24) is 4.98 Å². The average molecular weight is 530 g/mol. The minimum atomic E-state index is -0.938. The van der Waals surface area contributed by atoms with E-state index >= 15 is 0 Å². The van der Waals surface area contributed by atoms with Gasteiger partial charge in [-0.15, -0.1) is 0 Å². The van der Waals surface area contributed by atoms with Crippen LogP contribution in [0.2, 0.25) is 0 Å². The fourth-order valence-corrected chi connectivity index (χ4v) is 3.72. The molecule has 4 aromatic rings. The van der Waals surface area contributed by atoms with E-state index in [1.807, 2.05) is 30.3 Å². The standard InChI is InChI=1S/C29H27N3O7/c1-36-21-13-14-23(37-2)22(17-21)31-28(35)26-27(39-29(32-26)19-7-5-4-6-8-19)18-9-11-20(12-10-18)30-24(38-3)15-16-25(33)34/h4-14,17H,15-16H2,1-3H3,(H,31,35)(H,33,34). The molecule has 0 fully saturated rings. The highest BCUT2D eigenvalue weighted by molar-refractivity contribution is 6.07.